The highest BCUT2D eigenvalue weighted by atomic mass is 19.4. The van der Waals surface area contributed by atoms with Crippen molar-refractivity contribution in [2.45, 2.75) is 62.4 Å². The molecule has 0 saturated carbocycles. The van der Waals surface area contributed by atoms with Crippen LogP contribution in [0, 0.1) is 0 Å². The van der Waals surface area contributed by atoms with E-state index in [2.05, 4.69) is 10.2 Å². The van der Waals surface area contributed by atoms with Gasteiger partial charge in [-0.2, -0.15) is 13.2 Å². The Balaban J connectivity index is 0.000000383. The molecule has 184 valence electrons. The molecule has 1 aromatic rings. The highest BCUT2D eigenvalue weighted by molar-refractivity contribution is 5.94. The molecule has 0 bridgehead atoms. The molecule has 3 aliphatic heterocycles. The summed E-state index contributed by atoms with van der Waals surface area (Å²) < 4.78 is 43.8. The first kappa shape index (κ1) is 25.5. The van der Waals surface area contributed by atoms with Gasteiger partial charge in [-0.05, 0) is 50.7 Å². The number of hydrogen-bond donors (Lipinski definition) is 2. The van der Waals surface area contributed by atoms with Crippen LogP contribution in [0.25, 0.3) is 0 Å². The van der Waals surface area contributed by atoms with Crippen molar-refractivity contribution < 1.29 is 37.3 Å². The lowest BCUT2D eigenvalue weighted by atomic mass is 9.90. The number of aliphatic carboxylic acids is 1. The van der Waals surface area contributed by atoms with Crippen molar-refractivity contribution in [3.8, 4) is 0 Å². The van der Waals surface area contributed by atoms with Gasteiger partial charge in [0.1, 0.15) is 0 Å². The highest BCUT2D eigenvalue weighted by Gasteiger charge is 2.44. The third kappa shape index (κ3) is 7.41. The molecule has 33 heavy (non-hydrogen) atoms. The minimum absolute atomic E-state index is 0.00129. The number of carboxylic acids is 1. The van der Waals surface area contributed by atoms with Crippen LogP contribution in [-0.2, 0) is 14.3 Å². The summed E-state index contributed by atoms with van der Waals surface area (Å²) in [5.74, 6) is -2.77. The summed E-state index contributed by atoms with van der Waals surface area (Å²) in [5.41, 5.74) is 0.711. The van der Waals surface area contributed by atoms with Crippen LogP contribution in [0.1, 0.15) is 48.9 Å². The second-order valence-electron chi connectivity index (χ2n) is 8.76. The predicted octanol–water partition coefficient (Wildman–Crippen LogP) is 3.24. The van der Waals surface area contributed by atoms with Crippen molar-refractivity contribution >= 4 is 11.9 Å². The maximum absolute atomic E-state index is 12.3. The SMILES string of the molecule is O=C(NC[C@@H]1CCC[C@]2(CCN(C3CCOCC3)C2)O1)c1ccccc1.O=C(O)C(F)(F)F. The number of nitrogens with zero attached hydrogens (tertiary/aromatic N) is 1. The third-order valence-corrected chi connectivity index (χ3v) is 6.40. The Bertz CT molecular complexity index is 786. The number of carbonyl (C=O) groups is 2. The third-order valence-electron chi connectivity index (χ3n) is 6.40. The van der Waals surface area contributed by atoms with Gasteiger partial charge in [0.25, 0.3) is 5.91 Å². The van der Waals surface area contributed by atoms with Gasteiger partial charge in [-0.15, -0.1) is 0 Å². The molecule has 2 atom stereocenters. The molecule has 4 rings (SSSR count). The summed E-state index contributed by atoms with van der Waals surface area (Å²) in [6.07, 6.45) is 1.83. The van der Waals surface area contributed by atoms with E-state index in [0.29, 0.717) is 18.2 Å². The summed E-state index contributed by atoms with van der Waals surface area (Å²) in [6, 6.07) is 10.1. The molecule has 3 heterocycles. The fraction of sp³-hybridized carbons (Fsp3) is 0.652. The minimum atomic E-state index is -5.08. The van der Waals surface area contributed by atoms with Crippen molar-refractivity contribution in [3.63, 3.8) is 0 Å². The molecule has 3 saturated heterocycles. The zero-order chi connectivity index (χ0) is 23.9. The van der Waals surface area contributed by atoms with Crippen molar-refractivity contribution in [2.75, 3.05) is 32.8 Å². The Morgan fingerprint density at radius 2 is 1.79 bits per heavy atom. The van der Waals surface area contributed by atoms with Crippen LogP contribution >= 0.6 is 0 Å². The van der Waals surface area contributed by atoms with E-state index >= 15 is 0 Å². The van der Waals surface area contributed by atoms with Crippen LogP contribution in [0.3, 0.4) is 0 Å². The molecule has 0 unspecified atom stereocenters. The van der Waals surface area contributed by atoms with Crippen LogP contribution in [0.15, 0.2) is 30.3 Å². The van der Waals surface area contributed by atoms with E-state index in [1.54, 1.807) is 0 Å². The zero-order valence-corrected chi connectivity index (χ0v) is 18.5. The van der Waals surface area contributed by atoms with Gasteiger partial charge >= 0.3 is 12.1 Å². The second kappa shape index (κ2) is 11.3. The molecule has 0 aromatic heterocycles. The van der Waals surface area contributed by atoms with E-state index in [0.717, 1.165) is 58.4 Å². The first-order chi connectivity index (χ1) is 15.7. The first-order valence-corrected chi connectivity index (χ1v) is 11.3. The Hall–Kier alpha value is -2.17. The Kier molecular flexibility index (Phi) is 8.72. The van der Waals surface area contributed by atoms with E-state index in [1.807, 2.05) is 30.3 Å². The molecular formula is C23H31F3N2O5. The Morgan fingerprint density at radius 3 is 2.42 bits per heavy atom. The lowest BCUT2D eigenvalue weighted by molar-refractivity contribution is -0.192. The molecule has 10 heteroatoms. The number of likely N-dealkylation sites (tertiary alicyclic amines) is 1. The van der Waals surface area contributed by atoms with Gasteiger partial charge in [0.2, 0.25) is 0 Å². The molecule has 2 N–H and O–H groups in total. The number of nitrogens with one attached hydrogen (secondary N) is 1. The standard InChI is InChI=1S/C21H30N2O3.C2HF3O2/c24-20(17-5-2-1-3-6-17)22-15-19-7-4-10-21(26-19)11-12-23(16-21)18-8-13-25-14-9-18;3-2(4,5)1(6)7/h1-3,5-6,18-19H,4,7-16H2,(H,22,24);(H,6,7)/t19-,21+;/m0./s1. The molecule has 1 spiro atoms. The van der Waals surface area contributed by atoms with E-state index < -0.39 is 12.1 Å². The monoisotopic (exact) mass is 472 g/mol. The number of hydrogen-bond acceptors (Lipinski definition) is 5. The lowest BCUT2D eigenvalue weighted by Gasteiger charge is -2.40. The average Bonchev–Trinajstić information content (AvgIpc) is 3.21. The summed E-state index contributed by atoms with van der Waals surface area (Å²) in [4.78, 5) is 23.8. The topological polar surface area (TPSA) is 88.1 Å². The van der Waals surface area contributed by atoms with Crippen molar-refractivity contribution in [1.82, 2.24) is 10.2 Å². The number of halogens is 3. The molecule has 0 aliphatic carbocycles. The maximum atomic E-state index is 12.3. The van der Waals surface area contributed by atoms with Gasteiger partial charge in [-0.25, -0.2) is 4.79 Å². The van der Waals surface area contributed by atoms with Gasteiger partial charge in [-0.1, -0.05) is 18.2 Å². The molecule has 1 aromatic carbocycles. The normalized spacial score (nSPS) is 26.5. The Morgan fingerprint density at radius 1 is 1.12 bits per heavy atom. The van der Waals surface area contributed by atoms with Crippen LogP contribution in [0.5, 0.6) is 0 Å². The molecule has 0 radical (unpaired) electrons. The van der Waals surface area contributed by atoms with Gasteiger partial charge in [-0.3, -0.25) is 9.69 Å². The van der Waals surface area contributed by atoms with Gasteiger partial charge < -0.3 is 19.9 Å². The van der Waals surface area contributed by atoms with Crippen LogP contribution in [0.2, 0.25) is 0 Å². The largest absolute Gasteiger partial charge is 0.490 e. The maximum Gasteiger partial charge on any atom is 0.490 e. The average molecular weight is 473 g/mol. The van der Waals surface area contributed by atoms with Crippen molar-refractivity contribution in [3.05, 3.63) is 35.9 Å². The van der Waals surface area contributed by atoms with Gasteiger partial charge in [0.05, 0.1) is 11.7 Å². The van der Waals surface area contributed by atoms with Crippen LogP contribution < -0.4 is 5.32 Å². The lowest BCUT2D eigenvalue weighted by Crippen LogP contribution is -2.48. The number of carboxylic acid groups (broad SMARTS) is 1. The highest BCUT2D eigenvalue weighted by Crippen LogP contribution is 2.38. The fourth-order valence-electron chi connectivity index (χ4n) is 4.70. The minimum Gasteiger partial charge on any atom is -0.475 e. The summed E-state index contributed by atoms with van der Waals surface area (Å²) in [6.45, 7) is 4.56. The predicted molar refractivity (Wildman–Crippen MR) is 114 cm³/mol. The van der Waals surface area contributed by atoms with E-state index in [-0.39, 0.29) is 17.6 Å². The number of rotatable bonds is 4. The smallest absolute Gasteiger partial charge is 0.475 e. The summed E-state index contributed by atoms with van der Waals surface area (Å²) >= 11 is 0. The van der Waals surface area contributed by atoms with E-state index in [9.17, 15) is 18.0 Å². The fourth-order valence-corrected chi connectivity index (χ4v) is 4.70. The first-order valence-electron chi connectivity index (χ1n) is 11.3. The molecule has 7 nitrogen and oxygen atoms in total. The number of benzene rings is 1. The van der Waals surface area contributed by atoms with Crippen molar-refractivity contribution in [2.24, 2.45) is 0 Å². The number of ether oxygens (including phenoxy) is 2. The summed E-state index contributed by atoms with van der Waals surface area (Å²) in [5, 5.41) is 10.2. The van der Waals surface area contributed by atoms with Crippen LogP contribution in [0.4, 0.5) is 13.2 Å². The molecule has 1 amide bonds. The van der Waals surface area contributed by atoms with Gasteiger partial charge in [0.15, 0.2) is 0 Å². The quantitative estimate of drug-likeness (QED) is 0.700. The van der Waals surface area contributed by atoms with Crippen LogP contribution in [-0.4, -0.2) is 78.7 Å². The van der Waals surface area contributed by atoms with Crippen molar-refractivity contribution in [1.29, 1.82) is 0 Å². The Labute approximate surface area is 191 Å². The number of amides is 1. The number of carbonyl (C=O) groups excluding carboxylic acids is 1. The number of alkyl halides is 3. The second-order valence-corrected chi connectivity index (χ2v) is 8.76. The van der Waals surface area contributed by atoms with E-state index in [4.69, 9.17) is 19.4 Å². The summed E-state index contributed by atoms with van der Waals surface area (Å²) in [7, 11) is 0. The zero-order valence-electron chi connectivity index (χ0n) is 18.5. The van der Waals surface area contributed by atoms with Gasteiger partial charge in [0, 0.05) is 44.5 Å². The van der Waals surface area contributed by atoms with E-state index in [1.165, 1.54) is 6.42 Å². The molecule has 3 aliphatic rings. The molecular weight excluding hydrogens is 441 g/mol. The molecule has 3 fully saturated rings.